The number of nitrogens with zero attached hydrogens (tertiary/aromatic N) is 5. The molecule has 0 saturated carbocycles. The first-order chi connectivity index (χ1) is 16.2. The van der Waals surface area contributed by atoms with Gasteiger partial charge in [0, 0.05) is 15.6 Å². The number of hydrogen-bond acceptors (Lipinski definition) is 5. The molecule has 0 bridgehead atoms. The Balaban J connectivity index is 1.43. The van der Waals surface area contributed by atoms with E-state index < -0.39 is 30.1 Å². The highest BCUT2D eigenvalue weighted by Gasteiger charge is 2.22. The van der Waals surface area contributed by atoms with Crippen LogP contribution >= 0.6 is 23.2 Å². The molecule has 1 amide bonds. The number of nitrogens with one attached hydrogen (secondary N) is 1. The molecule has 34 heavy (non-hydrogen) atoms. The van der Waals surface area contributed by atoms with Crippen LogP contribution in [0.2, 0.25) is 10.0 Å². The van der Waals surface area contributed by atoms with Gasteiger partial charge in [0.2, 0.25) is 5.95 Å². The Hall–Kier alpha value is -3.38. The molecule has 14 heteroatoms. The van der Waals surface area contributed by atoms with Crippen molar-refractivity contribution < 1.29 is 26.8 Å². The maximum absolute atomic E-state index is 13.1. The predicted octanol–water partition coefficient (Wildman–Crippen LogP) is 5.60. The summed E-state index contributed by atoms with van der Waals surface area (Å²) in [5.41, 5.74) is -0.841. The van der Waals surface area contributed by atoms with Crippen LogP contribution in [-0.4, -0.2) is 30.5 Å². The summed E-state index contributed by atoms with van der Waals surface area (Å²) in [6.45, 7) is -0.158. The molecule has 0 aliphatic heterocycles. The van der Waals surface area contributed by atoms with Crippen molar-refractivity contribution in [3.63, 3.8) is 0 Å². The van der Waals surface area contributed by atoms with Crippen molar-refractivity contribution in [2.24, 2.45) is 0 Å². The van der Waals surface area contributed by atoms with Crippen LogP contribution in [0.25, 0.3) is 0 Å². The van der Waals surface area contributed by atoms with Crippen molar-refractivity contribution in [3.05, 3.63) is 81.2 Å². The van der Waals surface area contributed by atoms with Crippen LogP contribution in [0, 0.1) is 0 Å². The Kier molecular flexibility index (Phi) is 6.89. The van der Waals surface area contributed by atoms with E-state index in [1.165, 1.54) is 23.1 Å². The van der Waals surface area contributed by atoms with Crippen LogP contribution in [0.5, 0.6) is 0 Å². The van der Waals surface area contributed by atoms with Crippen LogP contribution in [0.4, 0.5) is 23.5 Å². The minimum absolute atomic E-state index is 0.0280. The van der Waals surface area contributed by atoms with Gasteiger partial charge in [0.05, 0.1) is 13.1 Å². The Morgan fingerprint density at radius 1 is 1.03 bits per heavy atom. The minimum Gasteiger partial charge on any atom is -0.454 e. The fourth-order valence-corrected chi connectivity index (χ4v) is 3.55. The summed E-state index contributed by atoms with van der Waals surface area (Å²) in [5.74, 6) is -0.842. The molecule has 0 aliphatic rings. The molecule has 0 spiro atoms. The van der Waals surface area contributed by atoms with Crippen LogP contribution in [0.3, 0.4) is 0 Å². The quantitative estimate of drug-likeness (QED) is 0.308. The van der Waals surface area contributed by atoms with Gasteiger partial charge in [-0.1, -0.05) is 29.3 Å². The molecule has 178 valence electrons. The lowest BCUT2D eigenvalue weighted by atomic mass is 10.2. The van der Waals surface area contributed by atoms with Gasteiger partial charge in [0.25, 0.3) is 18.8 Å². The molecule has 1 N–H and O–H groups in total. The van der Waals surface area contributed by atoms with Crippen LogP contribution < -0.4 is 5.32 Å². The third-order valence-corrected chi connectivity index (χ3v) is 5.32. The number of rotatable bonds is 8. The van der Waals surface area contributed by atoms with Crippen LogP contribution in [0.15, 0.2) is 47.1 Å². The van der Waals surface area contributed by atoms with Crippen LogP contribution in [0.1, 0.15) is 46.1 Å². The lowest BCUT2D eigenvalue weighted by Crippen LogP contribution is -2.13. The Labute approximate surface area is 199 Å². The molecule has 0 saturated heterocycles. The lowest BCUT2D eigenvalue weighted by Gasteiger charge is -2.06. The van der Waals surface area contributed by atoms with Crippen molar-refractivity contribution >= 4 is 35.1 Å². The van der Waals surface area contributed by atoms with Gasteiger partial charge < -0.3 is 4.42 Å². The molecule has 4 aromatic rings. The molecule has 1 aromatic carbocycles. The minimum atomic E-state index is -3.01. The number of carbonyl (C=O) groups excluding carboxylic acids is 1. The third-order valence-electron chi connectivity index (χ3n) is 4.61. The number of amides is 1. The zero-order chi connectivity index (χ0) is 24.4. The number of anilines is 1. The smallest absolute Gasteiger partial charge is 0.293 e. The number of benzene rings is 1. The van der Waals surface area contributed by atoms with Gasteiger partial charge in [-0.25, -0.2) is 27.2 Å². The summed E-state index contributed by atoms with van der Waals surface area (Å²) in [4.78, 5) is 16.4. The first kappa shape index (κ1) is 23.8. The summed E-state index contributed by atoms with van der Waals surface area (Å²) in [6, 6.07) is 8.34. The number of furan rings is 1. The Morgan fingerprint density at radius 3 is 2.44 bits per heavy atom. The van der Waals surface area contributed by atoms with E-state index in [9.17, 15) is 22.4 Å². The number of hydrogen-bond donors (Lipinski definition) is 1. The molecule has 3 aromatic heterocycles. The third kappa shape index (κ3) is 5.23. The molecule has 0 radical (unpaired) electrons. The van der Waals surface area contributed by atoms with E-state index in [0.717, 1.165) is 0 Å². The first-order valence-corrected chi connectivity index (χ1v) is 10.3. The first-order valence-electron chi connectivity index (χ1n) is 9.57. The van der Waals surface area contributed by atoms with E-state index in [-0.39, 0.29) is 30.6 Å². The van der Waals surface area contributed by atoms with Crippen LogP contribution in [-0.2, 0) is 13.1 Å². The summed E-state index contributed by atoms with van der Waals surface area (Å²) in [7, 11) is 0. The summed E-state index contributed by atoms with van der Waals surface area (Å²) in [5, 5.41) is 10.9. The molecule has 8 nitrogen and oxygen atoms in total. The number of halogens is 6. The summed E-state index contributed by atoms with van der Waals surface area (Å²) >= 11 is 12.3. The average Bonchev–Trinajstić information content (AvgIpc) is 3.51. The second-order valence-electron chi connectivity index (χ2n) is 6.94. The highest BCUT2D eigenvalue weighted by molar-refractivity contribution is 6.35. The lowest BCUT2D eigenvalue weighted by molar-refractivity contribution is 0.0993. The number of alkyl halides is 4. The molecule has 3 heterocycles. The van der Waals surface area contributed by atoms with E-state index >= 15 is 0 Å². The van der Waals surface area contributed by atoms with Gasteiger partial charge in [-0.05, 0) is 30.3 Å². The van der Waals surface area contributed by atoms with Gasteiger partial charge in [-0.3, -0.25) is 14.8 Å². The number of carbonyl (C=O) groups is 1. The highest BCUT2D eigenvalue weighted by atomic mass is 35.5. The van der Waals surface area contributed by atoms with E-state index in [4.69, 9.17) is 27.6 Å². The molecular formula is C20H14Cl2F4N6O2. The van der Waals surface area contributed by atoms with Gasteiger partial charge in [-0.2, -0.15) is 5.10 Å². The fourth-order valence-electron chi connectivity index (χ4n) is 3.03. The largest absolute Gasteiger partial charge is 0.454 e. The molecule has 4 rings (SSSR count). The molecular weight excluding hydrogens is 503 g/mol. The fraction of sp³-hybridized carbons (Fsp3) is 0.200. The topological polar surface area (TPSA) is 90.8 Å². The summed E-state index contributed by atoms with van der Waals surface area (Å²) in [6.07, 6.45) is -4.65. The molecule has 0 fully saturated rings. The Bertz CT molecular complexity index is 1300. The van der Waals surface area contributed by atoms with E-state index in [1.54, 1.807) is 18.2 Å². The van der Waals surface area contributed by atoms with Crippen molar-refractivity contribution in [2.45, 2.75) is 25.9 Å². The second kappa shape index (κ2) is 9.85. The van der Waals surface area contributed by atoms with Crippen molar-refractivity contribution in [2.75, 3.05) is 5.32 Å². The predicted molar refractivity (Wildman–Crippen MR) is 113 cm³/mol. The maximum atomic E-state index is 13.1. The van der Waals surface area contributed by atoms with Crippen molar-refractivity contribution in [1.82, 2.24) is 24.5 Å². The second-order valence-corrected chi connectivity index (χ2v) is 7.75. The SMILES string of the molecule is O=C(Nc1ncn(Cc2c(Cl)cccc2Cl)n1)c1ccc(Cn2nc(C(F)F)cc2C(F)F)o1. The normalized spacial score (nSPS) is 11.5. The van der Waals surface area contributed by atoms with Gasteiger partial charge in [-0.15, -0.1) is 5.10 Å². The monoisotopic (exact) mass is 516 g/mol. The van der Waals surface area contributed by atoms with Gasteiger partial charge >= 0.3 is 0 Å². The summed E-state index contributed by atoms with van der Waals surface area (Å²) < 4.78 is 59.4. The van der Waals surface area contributed by atoms with Gasteiger partial charge in [0.1, 0.15) is 23.5 Å². The standard InChI is InChI=1S/C20H14Cl2F4N6O2/c21-12-2-1-3-13(22)11(12)8-31-9-27-20(30-31)28-19(33)16-5-4-10(34-16)7-32-15(18(25)26)6-14(29-32)17(23)24/h1-6,9,17-18H,7-8H2,(H,28,30,33). The number of aromatic nitrogens is 5. The molecule has 0 atom stereocenters. The average molecular weight is 517 g/mol. The Morgan fingerprint density at radius 2 is 1.76 bits per heavy atom. The molecule has 0 unspecified atom stereocenters. The van der Waals surface area contributed by atoms with Crippen molar-refractivity contribution in [1.29, 1.82) is 0 Å². The zero-order valence-electron chi connectivity index (χ0n) is 16.9. The van der Waals surface area contributed by atoms with E-state index in [1.807, 2.05) is 0 Å². The zero-order valence-corrected chi connectivity index (χ0v) is 18.4. The highest BCUT2D eigenvalue weighted by Crippen LogP contribution is 2.27. The van der Waals surface area contributed by atoms with E-state index in [2.05, 4.69) is 20.5 Å². The van der Waals surface area contributed by atoms with Gasteiger partial charge in [0.15, 0.2) is 5.76 Å². The van der Waals surface area contributed by atoms with Crippen molar-refractivity contribution in [3.8, 4) is 0 Å². The van der Waals surface area contributed by atoms with E-state index in [0.29, 0.717) is 26.4 Å². The maximum Gasteiger partial charge on any atom is 0.293 e. The molecule has 0 aliphatic carbocycles.